The van der Waals surface area contributed by atoms with E-state index < -0.39 is 0 Å². The van der Waals surface area contributed by atoms with E-state index in [0.717, 1.165) is 50.4 Å². The number of nitrogens with two attached hydrogens (primary N) is 1. The minimum Gasteiger partial charge on any atom is -0.398 e. The minimum atomic E-state index is 0.721. The Bertz CT molecular complexity index is 402. The quantitative estimate of drug-likeness (QED) is 0.555. The number of hydrogen-bond acceptors (Lipinski definition) is 3. The predicted octanol–water partition coefficient (Wildman–Crippen LogP) is 3.30. The number of para-hydroxylation sites is 1. The van der Waals surface area contributed by atoms with Gasteiger partial charge in [-0.15, -0.1) is 0 Å². The third kappa shape index (κ3) is 5.14. The molecule has 1 fully saturated rings. The summed E-state index contributed by atoms with van der Waals surface area (Å²) >= 11 is 0. The molecular weight excluding hydrogens is 248 g/mol. The number of hydrogen-bond donors (Lipinski definition) is 1. The Kier molecular flexibility index (Phi) is 5.86. The molecule has 1 aliphatic rings. The fourth-order valence-corrected chi connectivity index (χ4v) is 2.33. The number of ether oxygens (including phenoxy) is 1. The van der Waals surface area contributed by atoms with Crippen molar-refractivity contribution in [2.75, 3.05) is 25.5 Å². The van der Waals surface area contributed by atoms with Crippen molar-refractivity contribution in [1.82, 2.24) is 4.90 Å². The van der Waals surface area contributed by atoms with Crippen molar-refractivity contribution in [3.8, 4) is 0 Å². The van der Waals surface area contributed by atoms with E-state index in [1.54, 1.807) is 0 Å². The average molecular weight is 276 g/mol. The highest BCUT2D eigenvalue weighted by molar-refractivity contribution is 5.46. The van der Waals surface area contributed by atoms with Gasteiger partial charge in [-0.05, 0) is 36.8 Å². The first-order chi connectivity index (χ1) is 9.66. The Morgan fingerprint density at radius 3 is 2.65 bits per heavy atom. The molecule has 1 aliphatic carbocycles. The van der Waals surface area contributed by atoms with Gasteiger partial charge in [-0.2, -0.15) is 0 Å². The van der Waals surface area contributed by atoms with Gasteiger partial charge < -0.3 is 10.5 Å². The van der Waals surface area contributed by atoms with Crippen LogP contribution < -0.4 is 5.73 Å². The fraction of sp³-hybridized carbons (Fsp3) is 0.647. The molecule has 1 aromatic rings. The summed E-state index contributed by atoms with van der Waals surface area (Å²) in [6.07, 6.45) is 3.78. The van der Waals surface area contributed by atoms with Gasteiger partial charge in [0.05, 0.1) is 6.61 Å². The molecule has 1 aromatic carbocycles. The summed E-state index contributed by atoms with van der Waals surface area (Å²) in [7, 11) is 0. The molecule has 0 aliphatic heterocycles. The molecule has 112 valence electrons. The van der Waals surface area contributed by atoms with Gasteiger partial charge in [-0.25, -0.2) is 0 Å². The molecule has 0 unspecified atom stereocenters. The Morgan fingerprint density at radius 2 is 2.00 bits per heavy atom. The topological polar surface area (TPSA) is 38.5 Å². The van der Waals surface area contributed by atoms with E-state index in [9.17, 15) is 0 Å². The second-order valence-electron chi connectivity index (χ2n) is 6.20. The first-order valence-electron chi connectivity index (χ1n) is 7.82. The van der Waals surface area contributed by atoms with Crippen molar-refractivity contribution in [2.24, 2.45) is 5.92 Å². The van der Waals surface area contributed by atoms with Crippen LogP contribution in [0.2, 0.25) is 0 Å². The summed E-state index contributed by atoms with van der Waals surface area (Å²) < 4.78 is 5.75. The maximum Gasteiger partial charge on any atom is 0.0593 e. The van der Waals surface area contributed by atoms with Gasteiger partial charge in [0.15, 0.2) is 0 Å². The lowest BCUT2D eigenvalue weighted by Gasteiger charge is -2.22. The lowest BCUT2D eigenvalue weighted by Crippen LogP contribution is -2.29. The number of rotatable bonds is 9. The summed E-state index contributed by atoms with van der Waals surface area (Å²) in [6.45, 7) is 8.14. The largest absolute Gasteiger partial charge is 0.398 e. The first kappa shape index (κ1) is 15.3. The van der Waals surface area contributed by atoms with Gasteiger partial charge >= 0.3 is 0 Å². The molecular formula is C17H28N2O. The highest BCUT2D eigenvalue weighted by Crippen LogP contribution is 2.28. The Hall–Kier alpha value is -1.06. The zero-order valence-electron chi connectivity index (χ0n) is 12.8. The van der Waals surface area contributed by atoms with E-state index in [-0.39, 0.29) is 0 Å². The second kappa shape index (κ2) is 7.65. The summed E-state index contributed by atoms with van der Waals surface area (Å²) in [4.78, 5) is 2.51. The molecule has 0 aromatic heterocycles. The van der Waals surface area contributed by atoms with Crippen LogP contribution in [-0.4, -0.2) is 30.7 Å². The maximum atomic E-state index is 6.04. The van der Waals surface area contributed by atoms with Crippen molar-refractivity contribution < 1.29 is 4.74 Å². The Balaban J connectivity index is 1.75. The number of anilines is 1. The molecule has 20 heavy (non-hydrogen) atoms. The Labute approximate surface area is 123 Å². The third-order valence-corrected chi connectivity index (χ3v) is 3.85. The fourth-order valence-electron chi connectivity index (χ4n) is 2.33. The van der Waals surface area contributed by atoms with Gasteiger partial charge in [0.2, 0.25) is 0 Å². The molecule has 0 amide bonds. The van der Waals surface area contributed by atoms with Gasteiger partial charge in [0.25, 0.3) is 0 Å². The van der Waals surface area contributed by atoms with Crippen LogP contribution in [0, 0.1) is 5.92 Å². The van der Waals surface area contributed by atoms with E-state index in [2.05, 4.69) is 30.9 Å². The van der Waals surface area contributed by atoms with Gasteiger partial charge in [0, 0.05) is 31.4 Å². The molecule has 2 rings (SSSR count). The number of benzene rings is 1. The van der Waals surface area contributed by atoms with Crippen LogP contribution in [0.1, 0.15) is 38.7 Å². The lowest BCUT2D eigenvalue weighted by molar-refractivity contribution is 0.0912. The monoisotopic (exact) mass is 276 g/mol. The molecule has 0 spiro atoms. The summed E-state index contributed by atoms with van der Waals surface area (Å²) in [5.41, 5.74) is 8.18. The van der Waals surface area contributed by atoms with E-state index in [1.807, 2.05) is 12.1 Å². The Morgan fingerprint density at radius 1 is 1.25 bits per heavy atom. The van der Waals surface area contributed by atoms with Crippen LogP contribution in [0.15, 0.2) is 24.3 Å². The van der Waals surface area contributed by atoms with Crippen LogP contribution >= 0.6 is 0 Å². The molecule has 0 atom stereocenters. The highest BCUT2D eigenvalue weighted by atomic mass is 16.5. The minimum absolute atomic E-state index is 0.721. The zero-order valence-corrected chi connectivity index (χ0v) is 12.8. The van der Waals surface area contributed by atoms with Crippen LogP contribution in [0.3, 0.4) is 0 Å². The van der Waals surface area contributed by atoms with E-state index in [4.69, 9.17) is 10.5 Å². The summed E-state index contributed by atoms with van der Waals surface area (Å²) in [5, 5.41) is 0. The summed E-state index contributed by atoms with van der Waals surface area (Å²) in [5.74, 6) is 0.721. The zero-order chi connectivity index (χ0) is 14.4. The smallest absolute Gasteiger partial charge is 0.0593 e. The molecule has 0 saturated heterocycles. The first-order valence-corrected chi connectivity index (χ1v) is 7.82. The molecule has 1 saturated carbocycles. The van der Waals surface area contributed by atoms with Crippen molar-refractivity contribution in [3.05, 3.63) is 29.8 Å². The molecule has 0 bridgehead atoms. The third-order valence-electron chi connectivity index (χ3n) is 3.85. The summed E-state index contributed by atoms with van der Waals surface area (Å²) in [6, 6.07) is 8.91. The lowest BCUT2D eigenvalue weighted by atomic mass is 10.1. The van der Waals surface area contributed by atoms with Crippen LogP contribution in [0.25, 0.3) is 0 Å². The number of nitrogens with zero attached hydrogens (tertiary/aromatic N) is 1. The van der Waals surface area contributed by atoms with E-state index >= 15 is 0 Å². The van der Waals surface area contributed by atoms with Crippen LogP contribution in [0.4, 0.5) is 5.69 Å². The van der Waals surface area contributed by atoms with Crippen molar-refractivity contribution in [1.29, 1.82) is 0 Å². The normalized spacial score (nSPS) is 15.2. The average Bonchev–Trinajstić information content (AvgIpc) is 3.23. The molecule has 0 radical (unpaired) electrons. The molecule has 3 heteroatoms. The molecule has 3 nitrogen and oxygen atoms in total. The van der Waals surface area contributed by atoms with E-state index in [1.165, 1.54) is 18.4 Å². The standard InChI is InChI=1S/C17H28N2O/c1-14(2)9-11-20-12-10-19(16-7-8-16)13-15-5-3-4-6-17(15)18/h3-6,14,16H,7-13,18H2,1-2H3. The van der Waals surface area contributed by atoms with Crippen molar-refractivity contribution in [3.63, 3.8) is 0 Å². The van der Waals surface area contributed by atoms with Gasteiger partial charge in [0.1, 0.15) is 0 Å². The van der Waals surface area contributed by atoms with Crippen molar-refractivity contribution >= 4 is 5.69 Å². The predicted molar refractivity (Wildman–Crippen MR) is 84.6 cm³/mol. The van der Waals surface area contributed by atoms with E-state index in [0.29, 0.717) is 0 Å². The maximum absolute atomic E-state index is 6.04. The van der Waals surface area contributed by atoms with Gasteiger partial charge in [-0.1, -0.05) is 32.0 Å². The van der Waals surface area contributed by atoms with Crippen molar-refractivity contribution in [2.45, 2.75) is 45.7 Å². The van der Waals surface area contributed by atoms with Gasteiger partial charge in [-0.3, -0.25) is 4.90 Å². The second-order valence-corrected chi connectivity index (χ2v) is 6.20. The number of nitrogen functional groups attached to an aromatic ring is 1. The SMILES string of the molecule is CC(C)CCOCCN(Cc1ccccc1N)C1CC1. The van der Waals surface area contributed by atoms with Crippen LogP contribution in [0.5, 0.6) is 0 Å². The molecule has 0 heterocycles. The highest BCUT2D eigenvalue weighted by Gasteiger charge is 2.28. The van der Waals surface area contributed by atoms with Crippen LogP contribution in [-0.2, 0) is 11.3 Å². The molecule has 2 N–H and O–H groups in total.